The van der Waals surface area contributed by atoms with Crippen molar-refractivity contribution in [2.45, 2.75) is 6.42 Å². The zero-order valence-corrected chi connectivity index (χ0v) is 10.4. The van der Waals surface area contributed by atoms with Crippen LogP contribution < -0.4 is 16.0 Å². The van der Waals surface area contributed by atoms with E-state index in [4.69, 9.17) is 5.11 Å². The second-order valence-corrected chi connectivity index (χ2v) is 4.27. The molecule has 1 heterocycles. The van der Waals surface area contributed by atoms with Crippen molar-refractivity contribution in [3.8, 4) is 0 Å². The Hall–Kier alpha value is -0.690. The van der Waals surface area contributed by atoms with Crippen LogP contribution in [-0.2, 0) is 4.79 Å². The zero-order chi connectivity index (χ0) is 12.3. The number of carbonyl (C=O) groups is 1. The van der Waals surface area contributed by atoms with Gasteiger partial charge in [0.25, 0.3) is 0 Å². The molecule has 1 aliphatic rings. The number of rotatable bonds is 2. The molecule has 0 saturated carbocycles. The number of nitrogens with one attached hydrogen (secondary N) is 3. The van der Waals surface area contributed by atoms with Crippen molar-refractivity contribution in [3.05, 3.63) is 0 Å². The molecule has 0 amide bonds. The summed E-state index contributed by atoms with van der Waals surface area (Å²) in [5.74, 6) is -0.746. The minimum absolute atomic E-state index is 0.139. The van der Waals surface area contributed by atoms with E-state index >= 15 is 0 Å². The van der Waals surface area contributed by atoms with Crippen LogP contribution in [0.4, 0.5) is 0 Å². The van der Waals surface area contributed by atoms with E-state index in [0.29, 0.717) is 0 Å². The van der Waals surface area contributed by atoms with Crippen LogP contribution in [0.3, 0.4) is 0 Å². The highest BCUT2D eigenvalue weighted by Crippen LogP contribution is 1.91. The third-order valence-electron chi connectivity index (χ3n) is 2.75. The summed E-state index contributed by atoms with van der Waals surface area (Å²) in [6.07, 6.45) is 0.993. The topological polar surface area (TPSA) is 76.6 Å². The summed E-state index contributed by atoms with van der Waals surface area (Å²) < 4.78 is 0. The minimum Gasteiger partial charge on any atom is -0.480 e. The number of nitrogens with zero attached hydrogens (tertiary/aromatic N) is 1. The van der Waals surface area contributed by atoms with Gasteiger partial charge in [0.15, 0.2) is 0 Å². The fraction of sp³-hybridized carbons (Fsp3) is 0.909. The molecule has 0 unspecified atom stereocenters. The van der Waals surface area contributed by atoms with E-state index in [-0.39, 0.29) is 6.54 Å². The summed E-state index contributed by atoms with van der Waals surface area (Å²) in [4.78, 5) is 12.7. The molecule has 0 bridgehead atoms. The van der Waals surface area contributed by atoms with E-state index in [1.807, 2.05) is 4.90 Å². The van der Waals surface area contributed by atoms with E-state index in [1.165, 1.54) is 0 Å². The Morgan fingerprint density at radius 3 is 2.18 bits per heavy atom. The maximum atomic E-state index is 10.7. The first kappa shape index (κ1) is 14.4. The number of hydrogen-bond acceptors (Lipinski definition) is 5. The van der Waals surface area contributed by atoms with E-state index in [0.717, 1.165) is 58.8 Å². The molecule has 17 heavy (non-hydrogen) atoms. The summed E-state index contributed by atoms with van der Waals surface area (Å²) in [7, 11) is 0. The van der Waals surface area contributed by atoms with E-state index in [2.05, 4.69) is 16.0 Å². The number of aliphatic carboxylic acids is 1. The largest absolute Gasteiger partial charge is 0.480 e. The molecular formula is C11H24N4O2. The Labute approximate surface area is 103 Å². The zero-order valence-electron chi connectivity index (χ0n) is 10.4. The molecule has 0 atom stereocenters. The smallest absolute Gasteiger partial charge is 0.317 e. The summed E-state index contributed by atoms with van der Waals surface area (Å²) in [6, 6.07) is 0. The Bertz CT molecular complexity index is 200. The summed E-state index contributed by atoms with van der Waals surface area (Å²) in [6.45, 7) is 7.43. The molecule has 0 radical (unpaired) electrons. The highest BCUT2D eigenvalue weighted by atomic mass is 16.4. The van der Waals surface area contributed by atoms with Crippen molar-refractivity contribution in [2.24, 2.45) is 0 Å². The van der Waals surface area contributed by atoms with Gasteiger partial charge >= 0.3 is 5.97 Å². The van der Waals surface area contributed by atoms with Gasteiger partial charge in [-0.05, 0) is 19.5 Å². The van der Waals surface area contributed by atoms with Gasteiger partial charge in [-0.1, -0.05) is 0 Å². The van der Waals surface area contributed by atoms with Crippen molar-refractivity contribution >= 4 is 5.97 Å². The highest BCUT2D eigenvalue weighted by Gasteiger charge is 2.08. The van der Waals surface area contributed by atoms with Crippen molar-refractivity contribution in [3.63, 3.8) is 0 Å². The van der Waals surface area contributed by atoms with Gasteiger partial charge in [0, 0.05) is 39.3 Å². The van der Waals surface area contributed by atoms with E-state index < -0.39 is 5.97 Å². The number of carboxylic acids is 1. The van der Waals surface area contributed by atoms with E-state index in [9.17, 15) is 4.79 Å². The molecule has 0 aliphatic carbocycles. The lowest BCUT2D eigenvalue weighted by molar-refractivity contribution is -0.138. The fourth-order valence-electron chi connectivity index (χ4n) is 1.85. The molecule has 100 valence electrons. The normalized spacial score (nSPS) is 22.1. The quantitative estimate of drug-likeness (QED) is 0.476. The van der Waals surface area contributed by atoms with Crippen LogP contribution in [0.15, 0.2) is 0 Å². The molecule has 1 fully saturated rings. The molecule has 0 aromatic heterocycles. The average molecular weight is 244 g/mol. The third kappa shape index (κ3) is 8.09. The van der Waals surface area contributed by atoms with Gasteiger partial charge in [-0.2, -0.15) is 0 Å². The molecule has 0 spiro atoms. The molecule has 0 aromatic rings. The Morgan fingerprint density at radius 1 is 0.941 bits per heavy atom. The lowest BCUT2D eigenvalue weighted by atomic mass is 10.3. The molecule has 0 aromatic carbocycles. The van der Waals surface area contributed by atoms with Crippen molar-refractivity contribution in [1.82, 2.24) is 20.9 Å². The molecule has 4 N–H and O–H groups in total. The summed E-state index contributed by atoms with van der Waals surface area (Å²) >= 11 is 0. The van der Waals surface area contributed by atoms with Crippen LogP contribution >= 0.6 is 0 Å². The SMILES string of the molecule is O=C(O)CN1CCCNCCNCCNCC1. The monoisotopic (exact) mass is 244 g/mol. The van der Waals surface area contributed by atoms with Gasteiger partial charge in [0.2, 0.25) is 0 Å². The first-order valence-corrected chi connectivity index (χ1v) is 6.35. The average Bonchev–Trinajstić information content (AvgIpc) is 2.30. The Balaban J connectivity index is 2.28. The Kier molecular flexibility index (Phi) is 7.91. The van der Waals surface area contributed by atoms with Gasteiger partial charge in [-0.25, -0.2) is 0 Å². The lowest BCUT2D eigenvalue weighted by Gasteiger charge is -2.20. The van der Waals surface area contributed by atoms with Gasteiger partial charge in [0.05, 0.1) is 6.54 Å². The second kappa shape index (κ2) is 9.35. The van der Waals surface area contributed by atoms with Crippen LogP contribution in [0.25, 0.3) is 0 Å². The first-order valence-electron chi connectivity index (χ1n) is 6.35. The van der Waals surface area contributed by atoms with Crippen LogP contribution in [-0.4, -0.2) is 74.9 Å². The first-order chi connectivity index (χ1) is 8.29. The van der Waals surface area contributed by atoms with Crippen molar-refractivity contribution in [2.75, 3.05) is 58.9 Å². The van der Waals surface area contributed by atoms with Crippen molar-refractivity contribution < 1.29 is 9.90 Å². The van der Waals surface area contributed by atoms with Crippen LogP contribution in [0.1, 0.15) is 6.42 Å². The minimum atomic E-state index is -0.746. The Morgan fingerprint density at radius 2 is 1.53 bits per heavy atom. The third-order valence-corrected chi connectivity index (χ3v) is 2.75. The summed E-state index contributed by atoms with van der Waals surface area (Å²) in [5, 5.41) is 18.8. The second-order valence-electron chi connectivity index (χ2n) is 4.27. The predicted octanol–water partition coefficient (Wildman–Crippen LogP) is -1.45. The standard InChI is InChI=1S/C11H24N4O2/c16-11(17)10-15-8-1-2-12-3-4-13-5-6-14-7-9-15/h12-14H,1-10H2,(H,16,17). The van der Waals surface area contributed by atoms with Gasteiger partial charge in [0.1, 0.15) is 0 Å². The van der Waals surface area contributed by atoms with Gasteiger partial charge in [-0.15, -0.1) is 0 Å². The molecule has 6 heteroatoms. The number of hydrogen-bond donors (Lipinski definition) is 4. The van der Waals surface area contributed by atoms with Crippen LogP contribution in [0, 0.1) is 0 Å². The molecule has 6 nitrogen and oxygen atoms in total. The maximum absolute atomic E-state index is 10.7. The lowest BCUT2D eigenvalue weighted by Crippen LogP contribution is -2.38. The predicted molar refractivity (Wildman–Crippen MR) is 67.3 cm³/mol. The molecule has 1 rings (SSSR count). The highest BCUT2D eigenvalue weighted by molar-refractivity contribution is 5.69. The molecule has 1 aliphatic heterocycles. The maximum Gasteiger partial charge on any atom is 0.317 e. The molecular weight excluding hydrogens is 220 g/mol. The molecule has 1 saturated heterocycles. The summed E-state index contributed by atoms with van der Waals surface area (Å²) in [5.41, 5.74) is 0. The van der Waals surface area contributed by atoms with Crippen LogP contribution in [0.2, 0.25) is 0 Å². The van der Waals surface area contributed by atoms with Crippen LogP contribution in [0.5, 0.6) is 0 Å². The van der Waals surface area contributed by atoms with Crippen molar-refractivity contribution in [1.29, 1.82) is 0 Å². The van der Waals surface area contributed by atoms with Gasteiger partial charge in [-0.3, -0.25) is 9.69 Å². The number of carboxylic acid groups (broad SMARTS) is 1. The van der Waals surface area contributed by atoms with Gasteiger partial charge < -0.3 is 21.1 Å². The van der Waals surface area contributed by atoms with E-state index in [1.54, 1.807) is 0 Å². The fourth-order valence-corrected chi connectivity index (χ4v) is 1.85.